The zero-order valence-electron chi connectivity index (χ0n) is 13.0. The molecule has 1 aliphatic heterocycles. The lowest BCUT2D eigenvalue weighted by Gasteiger charge is -2.34. The van der Waals surface area contributed by atoms with Crippen LogP contribution in [0.4, 0.5) is 0 Å². The van der Waals surface area contributed by atoms with Crippen LogP contribution >= 0.6 is 12.4 Å². The smallest absolute Gasteiger partial charge is 0.150 e. The number of carbonyl (C=O) groups is 1. The first-order valence-electron chi connectivity index (χ1n) is 7.57. The monoisotopic (exact) mass is 311 g/mol. The van der Waals surface area contributed by atoms with Gasteiger partial charge in [0, 0.05) is 25.2 Å². The predicted octanol–water partition coefficient (Wildman–Crippen LogP) is 3.67. The van der Waals surface area contributed by atoms with Crippen molar-refractivity contribution in [3.63, 3.8) is 0 Å². The molecule has 2 rings (SSSR count). The minimum atomic E-state index is 0. The Kier molecular flexibility index (Phi) is 7.76. The number of halogens is 1. The average Bonchev–Trinajstić information content (AvgIpc) is 2.43. The van der Waals surface area contributed by atoms with E-state index in [4.69, 9.17) is 4.74 Å². The van der Waals surface area contributed by atoms with Crippen molar-refractivity contribution >= 4 is 18.7 Å². The van der Waals surface area contributed by atoms with Crippen LogP contribution in [0.15, 0.2) is 24.3 Å². The van der Waals surface area contributed by atoms with E-state index in [2.05, 4.69) is 18.7 Å². The van der Waals surface area contributed by atoms with Gasteiger partial charge in [0.05, 0.1) is 6.61 Å². The maximum atomic E-state index is 10.6. The van der Waals surface area contributed by atoms with E-state index in [1.165, 1.54) is 19.5 Å². The Morgan fingerprint density at radius 2 is 1.81 bits per heavy atom. The Balaban J connectivity index is 0.00000220. The van der Waals surface area contributed by atoms with Crippen LogP contribution < -0.4 is 4.74 Å². The number of ether oxygens (including phenoxy) is 1. The number of nitrogens with zero attached hydrogens (tertiary/aromatic N) is 1. The topological polar surface area (TPSA) is 29.5 Å². The summed E-state index contributed by atoms with van der Waals surface area (Å²) < 4.78 is 5.71. The first-order valence-corrected chi connectivity index (χ1v) is 7.57. The molecule has 1 aromatic carbocycles. The van der Waals surface area contributed by atoms with Gasteiger partial charge in [-0.3, -0.25) is 4.79 Å². The molecule has 0 amide bonds. The van der Waals surface area contributed by atoms with Gasteiger partial charge in [-0.2, -0.15) is 0 Å². The van der Waals surface area contributed by atoms with Crippen LogP contribution in [0.5, 0.6) is 5.75 Å². The van der Waals surface area contributed by atoms with Gasteiger partial charge in [-0.1, -0.05) is 13.8 Å². The van der Waals surface area contributed by atoms with Gasteiger partial charge in [0.1, 0.15) is 12.0 Å². The third-order valence-corrected chi connectivity index (χ3v) is 3.85. The normalized spacial score (nSPS) is 22.4. The van der Waals surface area contributed by atoms with Crippen molar-refractivity contribution < 1.29 is 9.53 Å². The van der Waals surface area contributed by atoms with E-state index in [-0.39, 0.29) is 12.4 Å². The van der Waals surface area contributed by atoms with Crippen LogP contribution in [0, 0.1) is 11.8 Å². The standard InChI is InChI=1S/C17H25NO2.ClH/c1-14-10-15(2)12-18(11-14)8-3-9-20-17-6-4-16(13-19)5-7-17;/h4-7,13-15H,3,8-12H2,1-2H3;1H. The molecule has 118 valence electrons. The molecule has 0 bridgehead atoms. The van der Waals surface area contributed by atoms with Crippen LogP contribution in [0.3, 0.4) is 0 Å². The highest BCUT2D eigenvalue weighted by Gasteiger charge is 2.20. The molecule has 0 N–H and O–H groups in total. The van der Waals surface area contributed by atoms with Crippen molar-refractivity contribution in [1.82, 2.24) is 4.90 Å². The highest BCUT2D eigenvalue weighted by molar-refractivity contribution is 5.85. The minimum absolute atomic E-state index is 0. The lowest BCUT2D eigenvalue weighted by molar-refractivity contribution is 0.112. The van der Waals surface area contributed by atoms with Gasteiger partial charge in [0.25, 0.3) is 0 Å². The van der Waals surface area contributed by atoms with E-state index in [1.54, 1.807) is 12.1 Å². The van der Waals surface area contributed by atoms with Gasteiger partial charge in [-0.05, 0) is 48.9 Å². The SMILES string of the molecule is CC1CC(C)CN(CCCOc2ccc(C=O)cc2)C1.Cl. The summed E-state index contributed by atoms with van der Waals surface area (Å²) in [5.41, 5.74) is 0.689. The number of hydrogen-bond acceptors (Lipinski definition) is 3. The fourth-order valence-corrected chi connectivity index (χ4v) is 3.10. The lowest BCUT2D eigenvalue weighted by Crippen LogP contribution is -2.39. The molecule has 1 aliphatic rings. The molecule has 0 radical (unpaired) electrons. The summed E-state index contributed by atoms with van der Waals surface area (Å²) in [5, 5.41) is 0. The summed E-state index contributed by atoms with van der Waals surface area (Å²) in [6, 6.07) is 7.29. The molecule has 1 heterocycles. The van der Waals surface area contributed by atoms with E-state index in [0.29, 0.717) is 5.56 Å². The molecule has 2 atom stereocenters. The van der Waals surface area contributed by atoms with Crippen LogP contribution in [-0.2, 0) is 0 Å². The van der Waals surface area contributed by atoms with Gasteiger partial charge < -0.3 is 9.64 Å². The minimum Gasteiger partial charge on any atom is -0.494 e. The number of likely N-dealkylation sites (tertiary alicyclic amines) is 1. The van der Waals surface area contributed by atoms with Gasteiger partial charge >= 0.3 is 0 Å². The van der Waals surface area contributed by atoms with Gasteiger partial charge in [-0.15, -0.1) is 12.4 Å². The molecule has 1 aromatic rings. The molecule has 0 aromatic heterocycles. The van der Waals surface area contributed by atoms with Crippen molar-refractivity contribution in [2.45, 2.75) is 26.7 Å². The van der Waals surface area contributed by atoms with E-state index in [1.807, 2.05) is 12.1 Å². The van der Waals surface area contributed by atoms with E-state index in [9.17, 15) is 4.79 Å². The van der Waals surface area contributed by atoms with Gasteiger partial charge in [-0.25, -0.2) is 0 Å². The lowest BCUT2D eigenvalue weighted by atomic mass is 9.92. The summed E-state index contributed by atoms with van der Waals surface area (Å²) in [6.45, 7) is 8.97. The molecular weight excluding hydrogens is 286 g/mol. The number of aldehydes is 1. The maximum absolute atomic E-state index is 10.6. The molecule has 0 aliphatic carbocycles. The first kappa shape index (κ1) is 18.0. The van der Waals surface area contributed by atoms with Crippen LogP contribution in [0.2, 0.25) is 0 Å². The second-order valence-corrected chi connectivity index (χ2v) is 6.09. The van der Waals surface area contributed by atoms with E-state index in [0.717, 1.165) is 43.4 Å². The highest BCUT2D eigenvalue weighted by Crippen LogP contribution is 2.21. The zero-order valence-corrected chi connectivity index (χ0v) is 13.8. The fraction of sp³-hybridized carbons (Fsp3) is 0.588. The maximum Gasteiger partial charge on any atom is 0.150 e. The quantitative estimate of drug-likeness (QED) is 0.593. The summed E-state index contributed by atoms with van der Waals surface area (Å²) >= 11 is 0. The molecule has 1 fully saturated rings. The molecule has 21 heavy (non-hydrogen) atoms. The zero-order chi connectivity index (χ0) is 14.4. The third-order valence-electron chi connectivity index (χ3n) is 3.85. The van der Waals surface area contributed by atoms with Crippen molar-refractivity contribution in [3.8, 4) is 5.75 Å². The summed E-state index contributed by atoms with van der Waals surface area (Å²) in [7, 11) is 0. The molecule has 3 nitrogen and oxygen atoms in total. The fourth-order valence-electron chi connectivity index (χ4n) is 3.10. The van der Waals surface area contributed by atoms with Gasteiger partial charge in [0.2, 0.25) is 0 Å². The molecular formula is C17H26ClNO2. The third kappa shape index (κ3) is 6.06. The molecule has 4 heteroatoms. The number of piperidine rings is 1. The van der Waals surface area contributed by atoms with Crippen LogP contribution in [0.1, 0.15) is 37.0 Å². The van der Waals surface area contributed by atoms with Crippen molar-refractivity contribution in [1.29, 1.82) is 0 Å². The molecule has 0 saturated carbocycles. The largest absolute Gasteiger partial charge is 0.494 e. The Morgan fingerprint density at radius 3 is 2.38 bits per heavy atom. The van der Waals surface area contributed by atoms with Gasteiger partial charge in [0.15, 0.2) is 0 Å². The summed E-state index contributed by atoms with van der Waals surface area (Å²) in [4.78, 5) is 13.1. The van der Waals surface area contributed by atoms with Crippen molar-refractivity contribution in [2.75, 3.05) is 26.2 Å². The Hall–Kier alpha value is -1.06. The van der Waals surface area contributed by atoms with Crippen molar-refractivity contribution in [3.05, 3.63) is 29.8 Å². The Bertz CT molecular complexity index is 411. The molecule has 0 spiro atoms. The Morgan fingerprint density at radius 1 is 1.19 bits per heavy atom. The highest BCUT2D eigenvalue weighted by atomic mass is 35.5. The number of carbonyl (C=O) groups excluding carboxylic acids is 1. The second kappa shape index (κ2) is 9.06. The van der Waals surface area contributed by atoms with Crippen LogP contribution in [0.25, 0.3) is 0 Å². The van der Waals surface area contributed by atoms with E-state index < -0.39 is 0 Å². The molecule has 1 saturated heterocycles. The number of rotatable bonds is 6. The Labute approximate surface area is 134 Å². The van der Waals surface area contributed by atoms with E-state index >= 15 is 0 Å². The number of hydrogen-bond donors (Lipinski definition) is 0. The summed E-state index contributed by atoms with van der Waals surface area (Å²) in [5.74, 6) is 2.47. The summed E-state index contributed by atoms with van der Waals surface area (Å²) in [6.07, 6.45) is 3.26. The van der Waals surface area contributed by atoms with Crippen molar-refractivity contribution in [2.24, 2.45) is 11.8 Å². The van der Waals surface area contributed by atoms with Crippen LogP contribution in [-0.4, -0.2) is 37.4 Å². The number of benzene rings is 1. The first-order chi connectivity index (χ1) is 9.67. The second-order valence-electron chi connectivity index (χ2n) is 6.09. The molecule has 2 unspecified atom stereocenters. The predicted molar refractivity (Wildman–Crippen MR) is 88.6 cm³/mol. The average molecular weight is 312 g/mol.